The average Bonchev–Trinajstić information content (AvgIpc) is 3.22. The van der Waals surface area contributed by atoms with Gasteiger partial charge in [0.05, 0.1) is 5.69 Å². The van der Waals surface area contributed by atoms with E-state index in [0.717, 1.165) is 23.4 Å². The Morgan fingerprint density at radius 1 is 1.15 bits per heavy atom. The number of aromatic nitrogens is 2. The molecule has 0 aliphatic rings. The summed E-state index contributed by atoms with van der Waals surface area (Å²) < 4.78 is 7.41. The summed E-state index contributed by atoms with van der Waals surface area (Å²) in [5.74, 6) is 1.05. The standard InChI is InChI=1S/C22H25N3O2/c1-17(2)19-5-3-6-21(15-19)27-16-22(26)23-13-11-18-7-9-20(10-8-18)25-14-4-12-24-25/h3-10,12,14-15,17H,11,13,16H2,1-2H3,(H,23,26). The van der Waals surface area contributed by atoms with E-state index in [1.165, 1.54) is 5.56 Å². The van der Waals surface area contributed by atoms with E-state index in [2.05, 4.69) is 42.5 Å². The van der Waals surface area contributed by atoms with Crippen LogP contribution in [0.5, 0.6) is 5.75 Å². The molecule has 0 saturated carbocycles. The average molecular weight is 363 g/mol. The minimum Gasteiger partial charge on any atom is -0.484 e. The van der Waals surface area contributed by atoms with Gasteiger partial charge in [0.2, 0.25) is 0 Å². The third-order valence-corrected chi connectivity index (χ3v) is 4.34. The summed E-state index contributed by atoms with van der Waals surface area (Å²) in [6.07, 6.45) is 4.44. The molecule has 0 aliphatic heterocycles. The Bertz CT molecular complexity index is 856. The highest BCUT2D eigenvalue weighted by Crippen LogP contribution is 2.19. The number of rotatable bonds is 8. The Kier molecular flexibility index (Phi) is 6.26. The van der Waals surface area contributed by atoms with Crippen LogP contribution < -0.4 is 10.1 Å². The minimum atomic E-state index is -0.113. The van der Waals surface area contributed by atoms with E-state index in [1.54, 1.807) is 6.20 Å². The van der Waals surface area contributed by atoms with Crippen molar-refractivity contribution in [3.8, 4) is 11.4 Å². The quantitative estimate of drug-likeness (QED) is 0.663. The maximum Gasteiger partial charge on any atom is 0.257 e. The molecule has 1 amide bonds. The van der Waals surface area contributed by atoms with Crippen LogP contribution in [0.3, 0.4) is 0 Å². The van der Waals surface area contributed by atoms with E-state index in [-0.39, 0.29) is 12.5 Å². The van der Waals surface area contributed by atoms with Crippen molar-refractivity contribution in [3.05, 3.63) is 78.1 Å². The molecular weight excluding hydrogens is 338 g/mol. The SMILES string of the molecule is CC(C)c1cccc(OCC(=O)NCCc2ccc(-n3cccn3)cc2)c1. The van der Waals surface area contributed by atoms with Gasteiger partial charge in [0.1, 0.15) is 5.75 Å². The Labute approximate surface area is 160 Å². The van der Waals surface area contributed by atoms with Crippen molar-refractivity contribution in [3.63, 3.8) is 0 Å². The third-order valence-electron chi connectivity index (χ3n) is 4.34. The second kappa shape index (κ2) is 9.03. The second-order valence-electron chi connectivity index (χ2n) is 6.73. The molecule has 5 heteroatoms. The van der Waals surface area contributed by atoms with Gasteiger partial charge < -0.3 is 10.1 Å². The van der Waals surface area contributed by atoms with Gasteiger partial charge in [-0.2, -0.15) is 5.10 Å². The van der Waals surface area contributed by atoms with E-state index in [9.17, 15) is 4.79 Å². The van der Waals surface area contributed by atoms with E-state index >= 15 is 0 Å². The number of nitrogens with zero attached hydrogens (tertiary/aromatic N) is 2. The van der Waals surface area contributed by atoms with Gasteiger partial charge in [-0.1, -0.05) is 38.1 Å². The van der Waals surface area contributed by atoms with Crippen LogP contribution in [0.15, 0.2) is 67.0 Å². The number of ether oxygens (including phenoxy) is 1. The molecule has 3 aromatic rings. The Morgan fingerprint density at radius 2 is 1.96 bits per heavy atom. The van der Waals surface area contributed by atoms with Crippen LogP contribution in [0.25, 0.3) is 5.69 Å². The molecule has 0 atom stereocenters. The van der Waals surface area contributed by atoms with Gasteiger partial charge in [0.25, 0.3) is 5.91 Å². The smallest absolute Gasteiger partial charge is 0.257 e. The van der Waals surface area contributed by atoms with Crippen LogP contribution in [-0.2, 0) is 11.2 Å². The van der Waals surface area contributed by atoms with Crippen LogP contribution in [0.2, 0.25) is 0 Å². The Balaban J connectivity index is 1.41. The first-order valence-corrected chi connectivity index (χ1v) is 9.20. The Hall–Kier alpha value is -3.08. The topological polar surface area (TPSA) is 56.1 Å². The van der Waals surface area contributed by atoms with Crippen molar-refractivity contribution < 1.29 is 9.53 Å². The summed E-state index contributed by atoms with van der Waals surface area (Å²) in [4.78, 5) is 12.0. The summed E-state index contributed by atoms with van der Waals surface area (Å²) in [5.41, 5.74) is 3.38. The van der Waals surface area contributed by atoms with Gasteiger partial charge in [0.15, 0.2) is 6.61 Å². The summed E-state index contributed by atoms with van der Waals surface area (Å²) in [6.45, 7) is 4.87. The molecule has 1 aromatic heterocycles. The fourth-order valence-corrected chi connectivity index (χ4v) is 2.75. The summed E-state index contributed by atoms with van der Waals surface area (Å²) >= 11 is 0. The van der Waals surface area contributed by atoms with Gasteiger partial charge >= 0.3 is 0 Å². The number of benzene rings is 2. The largest absolute Gasteiger partial charge is 0.484 e. The zero-order chi connectivity index (χ0) is 19.1. The highest BCUT2D eigenvalue weighted by Gasteiger charge is 2.05. The monoisotopic (exact) mass is 363 g/mol. The molecule has 140 valence electrons. The van der Waals surface area contributed by atoms with Gasteiger partial charge in [-0.05, 0) is 53.8 Å². The number of hydrogen-bond donors (Lipinski definition) is 1. The highest BCUT2D eigenvalue weighted by molar-refractivity contribution is 5.77. The normalized spacial score (nSPS) is 10.8. The van der Waals surface area contributed by atoms with Gasteiger partial charge in [0, 0.05) is 18.9 Å². The molecule has 5 nitrogen and oxygen atoms in total. The molecule has 0 spiro atoms. The Morgan fingerprint density at radius 3 is 2.67 bits per heavy atom. The number of hydrogen-bond acceptors (Lipinski definition) is 3. The number of carbonyl (C=O) groups is 1. The van der Waals surface area contributed by atoms with E-state index < -0.39 is 0 Å². The predicted molar refractivity (Wildman–Crippen MR) is 106 cm³/mol. The molecule has 1 heterocycles. The van der Waals surface area contributed by atoms with Gasteiger partial charge in [-0.25, -0.2) is 4.68 Å². The minimum absolute atomic E-state index is 0.0276. The molecule has 0 radical (unpaired) electrons. The second-order valence-corrected chi connectivity index (χ2v) is 6.73. The summed E-state index contributed by atoms with van der Waals surface area (Å²) in [7, 11) is 0. The lowest BCUT2D eigenvalue weighted by molar-refractivity contribution is -0.123. The van der Waals surface area contributed by atoms with Crippen molar-refractivity contribution in [1.29, 1.82) is 0 Å². The molecule has 3 rings (SSSR count). The van der Waals surface area contributed by atoms with Gasteiger partial charge in [-0.3, -0.25) is 4.79 Å². The molecular formula is C22H25N3O2. The first-order valence-electron chi connectivity index (χ1n) is 9.20. The summed E-state index contributed by atoms with van der Waals surface area (Å²) in [5, 5.41) is 7.11. The van der Waals surface area contributed by atoms with Crippen LogP contribution in [0.1, 0.15) is 30.9 Å². The molecule has 0 unspecified atom stereocenters. The summed E-state index contributed by atoms with van der Waals surface area (Å²) in [6, 6.07) is 17.9. The van der Waals surface area contributed by atoms with Crippen molar-refractivity contribution in [2.24, 2.45) is 0 Å². The fraction of sp³-hybridized carbons (Fsp3) is 0.273. The first-order chi connectivity index (χ1) is 13.1. The molecule has 27 heavy (non-hydrogen) atoms. The highest BCUT2D eigenvalue weighted by atomic mass is 16.5. The third kappa shape index (κ3) is 5.45. The van der Waals surface area contributed by atoms with E-state index in [4.69, 9.17) is 4.74 Å². The molecule has 2 aromatic carbocycles. The fourth-order valence-electron chi connectivity index (χ4n) is 2.75. The van der Waals surface area contributed by atoms with Crippen molar-refractivity contribution >= 4 is 5.91 Å². The van der Waals surface area contributed by atoms with Crippen molar-refractivity contribution in [2.75, 3.05) is 13.2 Å². The molecule has 0 saturated heterocycles. The van der Waals surface area contributed by atoms with E-state index in [1.807, 2.05) is 47.3 Å². The number of carbonyl (C=O) groups excluding carboxylic acids is 1. The van der Waals surface area contributed by atoms with Crippen LogP contribution in [-0.4, -0.2) is 28.8 Å². The predicted octanol–water partition coefficient (Wildman–Crippen LogP) is 3.73. The first kappa shape index (κ1) is 18.7. The maximum atomic E-state index is 12.0. The van der Waals surface area contributed by atoms with Crippen LogP contribution in [0.4, 0.5) is 0 Å². The lowest BCUT2D eigenvalue weighted by atomic mass is 10.0. The molecule has 0 bridgehead atoms. The van der Waals surface area contributed by atoms with E-state index in [0.29, 0.717) is 12.5 Å². The zero-order valence-corrected chi connectivity index (χ0v) is 15.8. The maximum absolute atomic E-state index is 12.0. The van der Waals surface area contributed by atoms with Crippen LogP contribution >= 0.6 is 0 Å². The molecule has 0 fully saturated rings. The van der Waals surface area contributed by atoms with Crippen molar-refractivity contribution in [1.82, 2.24) is 15.1 Å². The lowest BCUT2D eigenvalue weighted by Gasteiger charge is -2.10. The lowest BCUT2D eigenvalue weighted by Crippen LogP contribution is -2.30. The zero-order valence-electron chi connectivity index (χ0n) is 15.8. The molecule has 0 aliphatic carbocycles. The molecule has 1 N–H and O–H groups in total. The van der Waals surface area contributed by atoms with Crippen molar-refractivity contribution in [2.45, 2.75) is 26.2 Å². The number of amides is 1. The van der Waals surface area contributed by atoms with Crippen LogP contribution in [0, 0.1) is 0 Å². The van der Waals surface area contributed by atoms with Gasteiger partial charge in [-0.15, -0.1) is 0 Å². The number of nitrogens with one attached hydrogen (secondary N) is 1.